The third-order valence-electron chi connectivity index (χ3n) is 22.2. The largest absolute Gasteiger partial charge is 0.444 e. The molecule has 668 valence electrons. The minimum Gasteiger partial charge on any atom is -0.444 e. The first-order chi connectivity index (χ1) is 60.2. The number of amides is 8. The Morgan fingerprint density at radius 2 is 0.736 bits per heavy atom. The molecule has 7 N–H and O–H groups in total. The molecule has 3 aromatic carbocycles. The van der Waals surface area contributed by atoms with Crippen LogP contribution < -0.4 is 61.7 Å². The molecule has 0 aliphatic carbocycles. The molecule has 8 amide bonds. The number of anilines is 8. The van der Waals surface area contributed by atoms with E-state index < -0.39 is 11.2 Å². The number of nitrogens with one attached hydrogen (secondary N) is 7. The molecule has 8 aliphatic rings. The number of hydrogen-bond donors (Lipinski definition) is 7. The lowest BCUT2D eigenvalue weighted by atomic mass is 9.98. The predicted molar refractivity (Wildman–Crippen MR) is 481 cm³/mol. The van der Waals surface area contributed by atoms with Crippen LogP contribution in [0.4, 0.5) is 70.3 Å². The van der Waals surface area contributed by atoms with Gasteiger partial charge in [0.25, 0.3) is 0 Å². The maximum absolute atomic E-state index is 12.9. The summed E-state index contributed by atoms with van der Waals surface area (Å²) in [6.45, 7) is 41.5. The van der Waals surface area contributed by atoms with E-state index in [1.165, 1.54) is 11.1 Å². The topological polar surface area (TPSA) is 377 Å². The number of halogens is 1. The number of carbonyl (C=O) groups excluding carboxylic acids is 5. The number of carbonyl (C=O) groups is 5. The fourth-order valence-corrected chi connectivity index (χ4v) is 16.2. The molecule has 0 spiro atoms. The second kappa shape index (κ2) is 42.0. The minimum absolute atomic E-state index is 0.00127. The number of ether oxygens (including phenoxy) is 6. The van der Waals surface area contributed by atoms with Gasteiger partial charge in [0.05, 0.1) is 93.8 Å². The van der Waals surface area contributed by atoms with Crippen LogP contribution in [0.2, 0.25) is 5.28 Å². The summed E-state index contributed by atoms with van der Waals surface area (Å²) >= 11 is 6.19. The van der Waals surface area contributed by atoms with E-state index in [-0.39, 0.29) is 59.7 Å². The van der Waals surface area contributed by atoms with E-state index in [9.17, 15) is 24.0 Å². The SMILES string of the molecule is CC1c2nc(Cl)nc(N3CCOCC3)c2CCN1C(=O)OC(C)(C)C.CCNC(=O)Nc1ccc(-c2nc3c(c(N4CCOCC4)n2)CCN(C(=O)OC(C)(C)C)C3C)cc1.CCNC(=O)Nc1ccc(-c2nc3c(c(N4CCOCC4)n2)CCN(c2ncccn2)C3C)cc1.CCNC(=O)Nc1ccc(-c2nc3c(c(N4CCOCC4)n2)CCNC3C)cc1. The lowest BCUT2D eigenvalue weighted by Crippen LogP contribution is -2.44. The first-order valence-electron chi connectivity index (χ1n) is 43.5. The Bertz CT molecular complexity index is 5010. The van der Waals surface area contributed by atoms with Crippen LogP contribution in [-0.4, -0.2) is 252 Å². The number of benzene rings is 3. The third kappa shape index (κ3) is 23.4. The zero-order valence-electron chi connectivity index (χ0n) is 74.0. The van der Waals surface area contributed by atoms with Crippen LogP contribution in [0.3, 0.4) is 0 Å². The van der Waals surface area contributed by atoms with E-state index in [4.69, 9.17) is 69.9 Å². The average Bonchev–Trinajstić information content (AvgIpc) is 0.781. The van der Waals surface area contributed by atoms with E-state index in [2.05, 4.69) is 95.5 Å². The van der Waals surface area contributed by atoms with Gasteiger partial charge in [0.1, 0.15) is 34.5 Å². The minimum atomic E-state index is -0.573. The van der Waals surface area contributed by atoms with Crippen LogP contribution >= 0.6 is 11.6 Å². The van der Waals surface area contributed by atoms with Crippen molar-refractivity contribution in [2.24, 2.45) is 0 Å². The van der Waals surface area contributed by atoms with Crippen molar-refractivity contribution in [1.29, 1.82) is 0 Å². The molecule has 4 saturated heterocycles. The molecule has 8 aromatic rings. The Kier molecular flexibility index (Phi) is 30.6. The fraction of sp³-hybridized carbons (Fsp3) is 0.517. The van der Waals surface area contributed by atoms with Crippen molar-refractivity contribution >= 4 is 88.2 Å². The van der Waals surface area contributed by atoms with Gasteiger partial charge in [-0.15, -0.1) is 0 Å². The maximum Gasteiger partial charge on any atom is 0.410 e. The molecule has 16 rings (SSSR count). The molecule has 4 unspecified atom stereocenters. The van der Waals surface area contributed by atoms with Crippen molar-refractivity contribution in [1.82, 2.24) is 80.9 Å². The molecule has 4 fully saturated rings. The molecular weight excluding hydrogens is 1620 g/mol. The van der Waals surface area contributed by atoms with Gasteiger partial charge in [0.2, 0.25) is 11.2 Å². The fourth-order valence-electron chi connectivity index (χ4n) is 16.0. The molecule has 0 bridgehead atoms. The van der Waals surface area contributed by atoms with E-state index in [0.29, 0.717) is 120 Å². The van der Waals surface area contributed by atoms with Crippen LogP contribution in [-0.2, 0) is 54.1 Å². The van der Waals surface area contributed by atoms with Gasteiger partial charge < -0.3 is 90.1 Å². The summed E-state index contributed by atoms with van der Waals surface area (Å²) in [6.07, 6.45) is 5.96. The Balaban J connectivity index is 0.000000144. The van der Waals surface area contributed by atoms with Crippen molar-refractivity contribution in [3.8, 4) is 34.2 Å². The molecule has 13 heterocycles. The van der Waals surface area contributed by atoms with Gasteiger partial charge in [-0.3, -0.25) is 9.80 Å². The van der Waals surface area contributed by atoms with Crippen LogP contribution in [0.15, 0.2) is 91.3 Å². The zero-order valence-corrected chi connectivity index (χ0v) is 74.8. The molecule has 0 saturated carbocycles. The normalized spacial score (nSPS) is 18.7. The predicted octanol–water partition coefficient (Wildman–Crippen LogP) is 12.2. The first kappa shape index (κ1) is 91.2. The highest BCUT2D eigenvalue weighted by atomic mass is 35.5. The second-order valence-corrected chi connectivity index (χ2v) is 33.6. The van der Waals surface area contributed by atoms with Crippen LogP contribution in [0.25, 0.3) is 34.2 Å². The van der Waals surface area contributed by atoms with Crippen LogP contribution in [0.1, 0.15) is 159 Å². The van der Waals surface area contributed by atoms with Crippen molar-refractivity contribution < 1.29 is 52.4 Å². The Labute approximate surface area is 736 Å². The molecule has 8 aliphatic heterocycles. The Morgan fingerprint density at radius 3 is 1.09 bits per heavy atom. The summed E-state index contributed by atoms with van der Waals surface area (Å²) in [6, 6.07) is 23.6. The van der Waals surface area contributed by atoms with Gasteiger partial charge in [-0.25, -0.2) is 73.8 Å². The van der Waals surface area contributed by atoms with Gasteiger partial charge in [-0.1, -0.05) is 0 Å². The number of rotatable bonds is 14. The van der Waals surface area contributed by atoms with Gasteiger partial charge in [-0.05, 0) is 213 Å². The molecule has 5 aromatic heterocycles. The highest BCUT2D eigenvalue weighted by molar-refractivity contribution is 6.28. The number of fused-ring (bicyclic) bond motifs is 4. The lowest BCUT2D eigenvalue weighted by Gasteiger charge is -2.38. The summed E-state index contributed by atoms with van der Waals surface area (Å²) in [5.74, 6) is 6.46. The highest BCUT2D eigenvalue weighted by Gasteiger charge is 2.39. The smallest absolute Gasteiger partial charge is 0.410 e. The molecular formula is C89H119ClN24O11. The summed E-state index contributed by atoms with van der Waals surface area (Å²) < 4.78 is 33.3. The number of aromatic nitrogens is 10. The van der Waals surface area contributed by atoms with Crippen molar-refractivity contribution in [2.45, 2.75) is 151 Å². The van der Waals surface area contributed by atoms with E-state index in [0.717, 1.165) is 171 Å². The summed E-state index contributed by atoms with van der Waals surface area (Å²) in [5, 5.41) is 20.3. The molecule has 0 radical (unpaired) electrons. The Hall–Kier alpha value is -11.5. The molecule has 36 heteroatoms. The van der Waals surface area contributed by atoms with E-state index in [1.54, 1.807) is 22.2 Å². The van der Waals surface area contributed by atoms with Crippen molar-refractivity contribution in [2.75, 3.05) is 191 Å². The summed E-state index contributed by atoms with van der Waals surface area (Å²) in [4.78, 5) is 123. The number of urea groups is 3. The van der Waals surface area contributed by atoms with E-state index >= 15 is 0 Å². The lowest BCUT2D eigenvalue weighted by molar-refractivity contribution is 0.0144. The highest BCUT2D eigenvalue weighted by Crippen LogP contribution is 2.41. The maximum atomic E-state index is 12.9. The summed E-state index contributed by atoms with van der Waals surface area (Å²) in [5.41, 5.74) is 12.0. The number of morpholine rings is 4. The van der Waals surface area contributed by atoms with Crippen LogP contribution in [0, 0.1) is 0 Å². The van der Waals surface area contributed by atoms with Gasteiger partial charge >= 0.3 is 30.3 Å². The summed E-state index contributed by atoms with van der Waals surface area (Å²) in [7, 11) is 0. The molecule has 125 heavy (non-hydrogen) atoms. The standard InChI is InChI=1S/C26H36N6O4.C25H30N8O2.C21H28N6O2.C17H25ClN4O3/c1-6-27-24(33)28-19-9-7-18(8-10-19)22-29-21-17(2)32(25(34)36-26(3,4)5)12-11-20(21)23(30-22)31-13-15-35-16-14-31;1-3-26-25(34)29-19-7-5-18(6-8-19)22-30-21-17(2)33(24-27-10-4-11-28-24)12-9-20(21)23(31-22)32-13-15-35-16-14-32;1-3-22-21(28)24-16-6-4-15(5-7-16)19-25-18-14(2)23-9-8-17(18)20(26-19)27-10-12-29-13-11-27;1-11-13-12(5-6-22(11)16(23)25-17(2,3)4)14(20-15(18)19-13)21-7-9-24-10-8-21/h7-10,17H,6,11-16H2,1-5H3,(H2,27,28,33);4-8,10-11,17H,3,9,12-16H2,1-2H3,(H2,26,29,34);4-7,14,23H,3,8-13H2,1-2H3,(H2,22,24,28);11H,5-10H2,1-4H3. The third-order valence-corrected chi connectivity index (χ3v) is 22.4. The number of nitrogens with zero attached hydrogens (tertiary/aromatic N) is 17. The van der Waals surface area contributed by atoms with Crippen LogP contribution in [0.5, 0.6) is 0 Å². The van der Waals surface area contributed by atoms with Gasteiger partial charge in [-0.2, -0.15) is 0 Å². The number of hydrogen-bond acceptors (Lipinski definition) is 27. The average molecular weight is 1740 g/mol. The van der Waals surface area contributed by atoms with Gasteiger partial charge in [0.15, 0.2) is 17.5 Å². The monoisotopic (exact) mass is 1730 g/mol. The first-order valence-corrected chi connectivity index (χ1v) is 43.9. The zero-order chi connectivity index (χ0) is 88.5. The quantitative estimate of drug-likeness (QED) is 0.0497. The molecule has 4 atom stereocenters. The Morgan fingerprint density at radius 1 is 0.416 bits per heavy atom. The van der Waals surface area contributed by atoms with Crippen molar-refractivity contribution in [3.63, 3.8) is 0 Å². The molecule has 35 nitrogen and oxygen atoms in total. The van der Waals surface area contributed by atoms with E-state index in [1.807, 2.05) is 155 Å². The van der Waals surface area contributed by atoms with Gasteiger partial charge in [0, 0.05) is 166 Å². The van der Waals surface area contributed by atoms with Crippen molar-refractivity contribution in [3.05, 3.63) is 142 Å². The second-order valence-electron chi connectivity index (χ2n) is 33.3.